The zero-order valence-electron chi connectivity index (χ0n) is 16.2. The predicted octanol–water partition coefficient (Wildman–Crippen LogP) is 3.85. The molecular formula is C20H26N6O. The van der Waals surface area contributed by atoms with E-state index in [4.69, 9.17) is 10.3 Å². The van der Waals surface area contributed by atoms with E-state index in [-0.39, 0.29) is 6.04 Å². The summed E-state index contributed by atoms with van der Waals surface area (Å²) in [6.45, 7) is 9.37. The molecule has 0 bridgehead atoms. The number of fused-ring (bicyclic) bond motifs is 5. The lowest BCUT2D eigenvalue weighted by Crippen LogP contribution is -2.24. The van der Waals surface area contributed by atoms with Crippen LogP contribution in [0.2, 0.25) is 0 Å². The first kappa shape index (κ1) is 16.7. The van der Waals surface area contributed by atoms with Gasteiger partial charge in [0.05, 0.1) is 5.39 Å². The van der Waals surface area contributed by atoms with Crippen molar-refractivity contribution >= 4 is 16.9 Å². The van der Waals surface area contributed by atoms with Crippen molar-refractivity contribution in [3.63, 3.8) is 0 Å². The normalized spacial score (nSPS) is 17.3. The topological polar surface area (TPSA) is 86.0 Å². The van der Waals surface area contributed by atoms with Gasteiger partial charge in [-0.3, -0.25) is 4.90 Å². The molecule has 7 heteroatoms. The lowest BCUT2D eigenvalue weighted by atomic mass is 10.0. The Balaban J connectivity index is 1.85. The van der Waals surface area contributed by atoms with Gasteiger partial charge < -0.3 is 14.8 Å². The zero-order chi connectivity index (χ0) is 18.7. The summed E-state index contributed by atoms with van der Waals surface area (Å²) < 4.78 is 8.17. The highest BCUT2D eigenvalue weighted by molar-refractivity contribution is 6.02. The van der Waals surface area contributed by atoms with E-state index >= 15 is 0 Å². The smallest absolute Gasteiger partial charge is 0.146 e. The Morgan fingerprint density at radius 3 is 2.78 bits per heavy atom. The molecule has 1 fully saturated rings. The molecule has 0 radical (unpaired) electrons. The predicted molar refractivity (Wildman–Crippen MR) is 104 cm³/mol. The van der Waals surface area contributed by atoms with E-state index in [0.717, 1.165) is 54.1 Å². The van der Waals surface area contributed by atoms with Crippen molar-refractivity contribution < 1.29 is 4.52 Å². The van der Waals surface area contributed by atoms with Gasteiger partial charge in [-0.15, -0.1) is 0 Å². The Morgan fingerprint density at radius 2 is 2.07 bits per heavy atom. The highest BCUT2D eigenvalue weighted by Crippen LogP contribution is 2.48. The maximum atomic E-state index is 6.34. The summed E-state index contributed by atoms with van der Waals surface area (Å²) >= 11 is 0. The second kappa shape index (κ2) is 6.05. The van der Waals surface area contributed by atoms with Crippen LogP contribution in [-0.4, -0.2) is 31.1 Å². The quantitative estimate of drug-likeness (QED) is 0.755. The van der Waals surface area contributed by atoms with Gasteiger partial charge in [-0.2, -0.15) is 0 Å². The first-order valence-corrected chi connectivity index (χ1v) is 9.94. The third-order valence-corrected chi connectivity index (χ3v) is 5.73. The van der Waals surface area contributed by atoms with Crippen molar-refractivity contribution in [2.45, 2.75) is 65.1 Å². The molecule has 0 atom stereocenters. The van der Waals surface area contributed by atoms with E-state index in [2.05, 4.69) is 45.4 Å². The van der Waals surface area contributed by atoms with Gasteiger partial charge in [0.2, 0.25) is 0 Å². The Hall–Kier alpha value is -2.41. The van der Waals surface area contributed by atoms with Crippen LogP contribution in [0.1, 0.15) is 69.0 Å². The van der Waals surface area contributed by atoms with Gasteiger partial charge in [-0.1, -0.05) is 12.1 Å². The molecule has 1 saturated carbocycles. The first-order valence-electron chi connectivity index (χ1n) is 9.94. The minimum Gasteiger partial charge on any atom is -0.383 e. The molecule has 7 nitrogen and oxygen atoms in total. The summed E-state index contributed by atoms with van der Waals surface area (Å²) in [5.41, 5.74) is 11.7. The number of nitrogens with zero attached hydrogens (tertiary/aromatic N) is 5. The molecule has 5 rings (SSSR count). The number of anilines is 1. The maximum absolute atomic E-state index is 6.34. The number of nitrogens with two attached hydrogens (primary N) is 1. The van der Waals surface area contributed by atoms with Gasteiger partial charge in [0.25, 0.3) is 0 Å². The fourth-order valence-corrected chi connectivity index (χ4v) is 4.47. The number of aromatic nitrogens is 4. The molecule has 0 saturated heterocycles. The molecule has 1 aliphatic carbocycles. The fourth-order valence-electron chi connectivity index (χ4n) is 4.47. The van der Waals surface area contributed by atoms with E-state index in [1.165, 1.54) is 24.1 Å². The lowest BCUT2D eigenvalue weighted by Gasteiger charge is -2.22. The van der Waals surface area contributed by atoms with Crippen LogP contribution in [0.5, 0.6) is 0 Å². The molecule has 2 aliphatic rings. The van der Waals surface area contributed by atoms with Crippen molar-refractivity contribution in [2.24, 2.45) is 0 Å². The Bertz CT molecular complexity index is 1010. The van der Waals surface area contributed by atoms with Crippen LogP contribution in [-0.2, 0) is 13.1 Å². The average molecular weight is 366 g/mol. The molecule has 142 valence electrons. The van der Waals surface area contributed by atoms with Crippen molar-refractivity contribution in [1.82, 2.24) is 24.6 Å². The molecule has 2 N–H and O–H groups in total. The third kappa shape index (κ3) is 2.48. The summed E-state index contributed by atoms with van der Waals surface area (Å²) in [5.74, 6) is 2.11. The zero-order valence-corrected chi connectivity index (χ0v) is 16.2. The second-order valence-corrected chi connectivity index (χ2v) is 8.10. The monoisotopic (exact) mass is 366 g/mol. The summed E-state index contributed by atoms with van der Waals surface area (Å²) in [4.78, 5) is 11.4. The van der Waals surface area contributed by atoms with Crippen molar-refractivity contribution in [2.75, 3.05) is 12.3 Å². The molecule has 1 aliphatic heterocycles. The Kier molecular flexibility index (Phi) is 3.75. The molecule has 0 amide bonds. The minimum atomic E-state index is 0.269. The van der Waals surface area contributed by atoms with Crippen molar-refractivity contribution in [3.05, 3.63) is 23.3 Å². The SMILES string of the molecule is CCCN1Cc2c(noc2C2CC2)-c2c(n(C(C)C)c3ncnc(N)c23)C1. The molecule has 0 aromatic carbocycles. The van der Waals surface area contributed by atoms with Crippen molar-refractivity contribution in [1.29, 1.82) is 0 Å². The second-order valence-electron chi connectivity index (χ2n) is 8.10. The number of rotatable bonds is 4. The lowest BCUT2D eigenvalue weighted by molar-refractivity contribution is 0.249. The van der Waals surface area contributed by atoms with Gasteiger partial charge in [0.1, 0.15) is 29.2 Å². The van der Waals surface area contributed by atoms with Crippen LogP contribution in [0.3, 0.4) is 0 Å². The number of nitrogen functional groups attached to an aromatic ring is 1. The third-order valence-electron chi connectivity index (χ3n) is 5.73. The van der Waals surface area contributed by atoms with E-state index in [9.17, 15) is 0 Å². The summed E-state index contributed by atoms with van der Waals surface area (Å²) in [6, 6.07) is 0.269. The first-order chi connectivity index (χ1) is 13.1. The summed E-state index contributed by atoms with van der Waals surface area (Å²) in [5, 5.41) is 5.47. The van der Waals surface area contributed by atoms with Gasteiger partial charge in [0.15, 0.2) is 0 Å². The molecular weight excluding hydrogens is 340 g/mol. The van der Waals surface area contributed by atoms with Gasteiger partial charge in [-0.05, 0) is 39.7 Å². The van der Waals surface area contributed by atoms with Gasteiger partial charge in [-0.25, -0.2) is 9.97 Å². The van der Waals surface area contributed by atoms with Crippen LogP contribution in [0, 0.1) is 0 Å². The average Bonchev–Trinajstić information content (AvgIpc) is 3.33. The highest BCUT2D eigenvalue weighted by atomic mass is 16.5. The minimum absolute atomic E-state index is 0.269. The van der Waals surface area contributed by atoms with Crippen LogP contribution in [0.25, 0.3) is 22.3 Å². The molecule has 3 aromatic rings. The Morgan fingerprint density at radius 1 is 1.26 bits per heavy atom. The van der Waals surface area contributed by atoms with E-state index in [1.54, 1.807) is 6.33 Å². The van der Waals surface area contributed by atoms with E-state index < -0.39 is 0 Å². The van der Waals surface area contributed by atoms with Crippen LogP contribution in [0.4, 0.5) is 5.82 Å². The van der Waals surface area contributed by atoms with Gasteiger partial charge >= 0.3 is 0 Å². The Labute approximate surface area is 158 Å². The largest absolute Gasteiger partial charge is 0.383 e. The standard InChI is InChI=1S/C20H26N6O/c1-4-7-25-8-13-17(24-27-18(13)12-5-6-12)15-14(9-25)26(11(2)3)20-16(15)19(21)22-10-23-20/h10-12H,4-9H2,1-3H3,(H2,21,22,23). The molecule has 27 heavy (non-hydrogen) atoms. The van der Waals surface area contributed by atoms with Crippen LogP contribution < -0.4 is 5.73 Å². The number of hydrogen-bond acceptors (Lipinski definition) is 6. The molecule has 3 aromatic heterocycles. The number of hydrogen-bond donors (Lipinski definition) is 1. The summed E-state index contributed by atoms with van der Waals surface area (Å²) in [7, 11) is 0. The maximum Gasteiger partial charge on any atom is 0.146 e. The molecule has 4 heterocycles. The van der Waals surface area contributed by atoms with Crippen LogP contribution >= 0.6 is 0 Å². The summed E-state index contributed by atoms with van der Waals surface area (Å²) in [6.07, 6.45) is 5.06. The molecule has 0 unspecified atom stereocenters. The van der Waals surface area contributed by atoms with Crippen molar-refractivity contribution in [3.8, 4) is 11.3 Å². The van der Waals surface area contributed by atoms with Gasteiger partial charge in [0, 0.05) is 41.9 Å². The fraction of sp³-hybridized carbons (Fsp3) is 0.550. The highest BCUT2D eigenvalue weighted by Gasteiger charge is 2.37. The van der Waals surface area contributed by atoms with E-state index in [0.29, 0.717) is 11.7 Å². The van der Waals surface area contributed by atoms with E-state index in [1.807, 2.05) is 0 Å². The molecule has 0 spiro atoms. The van der Waals surface area contributed by atoms with Crippen LogP contribution in [0.15, 0.2) is 10.9 Å².